The summed E-state index contributed by atoms with van der Waals surface area (Å²) in [6.45, 7) is 7.74. The summed E-state index contributed by atoms with van der Waals surface area (Å²) in [6.07, 6.45) is 6.60. The summed E-state index contributed by atoms with van der Waals surface area (Å²) in [4.78, 5) is 13.2. The molecule has 1 N–H and O–H groups in total. The Morgan fingerprint density at radius 3 is 2.37 bits per heavy atom. The number of rotatable bonds is 12. The fraction of sp³-hybridized carbons (Fsp3) is 0.444. The van der Waals surface area contributed by atoms with Crippen molar-refractivity contribution in [3.8, 4) is 22.5 Å². The Kier molecular flexibility index (Phi) is 8.23. The first-order valence-corrected chi connectivity index (χ1v) is 12.7. The summed E-state index contributed by atoms with van der Waals surface area (Å²) in [6, 6.07) is 16.3. The van der Waals surface area contributed by atoms with Gasteiger partial charge >= 0.3 is 5.69 Å². The van der Waals surface area contributed by atoms with Crippen LogP contribution in [-0.2, 0) is 19.5 Å². The SMILES string of the molecule is CCCCCCCn1nc(CC(C)C)n(Cc2ccc(-c3ccccc3-c3nn[nH]n3)cc2)c1=O. The number of benzene rings is 2. The first-order valence-electron chi connectivity index (χ1n) is 12.7. The minimum atomic E-state index is -0.0114. The maximum atomic E-state index is 13.2. The van der Waals surface area contributed by atoms with Gasteiger partial charge in [-0.3, -0.25) is 4.57 Å². The molecule has 2 aromatic carbocycles. The second-order valence-corrected chi connectivity index (χ2v) is 9.50. The maximum absolute atomic E-state index is 13.2. The van der Waals surface area contributed by atoms with Gasteiger partial charge in [-0.05, 0) is 34.2 Å². The summed E-state index contributed by atoms with van der Waals surface area (Å²) in [7, 11) is 0. The molecule has 0 aliphatic heterocycles. The van der Waals surface area contributed by atoms with Crippen molar-refractivity contribution in [1.82, 2.24) is 35.0 Å². The third-order valence-corrected chi connectivity index (χ3v) is 6.18. The van der Waals surface area contributed by atoms with Gasteiger partial charge in [0.05, 0.1) is 6.54 Å². The molecule has 4 rings (SSSR count). The van der Waals surface area contributed by atoms with Crippen LogP contribution in [0.25, 0.3) is 22.5 Å². The fourth-order valence-corrected chi connectivity index (χ4v) is 4.35. The molecule has 0 saturated carbocycles. The van der Waals surface area contributed by atoms with Gasteiger partial charge in [0.15, 0.2) is 0 Å². The largest absolute Gasteiger partial charge is 0.346 e. The van der Waals surface area contributed by atoms with Crippen LogP contribution in [0.5, 0.6) is 0 Å². The Hall–Kier alpha value is -3.55. The molecule has 8 heteroatoms. The zero-order valence-electron chi connectivity index (χ0n) is 20.9. The van der Waals surface area contributed by atoms with Gasteiger partial charge in [-0.25, -0.2) is 9.48 Å². The van der Waals surface area contributed by atoms with E-state index in [1.807, 2.05) is 22.8 Å². The van der Waals surface area contributed by atoms with Crippen LogP contribution in [0.2, 0.25) is 0 Å². The molecule has 0 saturated heterocycles. The Bertz CT molecular complexity index is 1250. The number of unbranched alkanes of at least 4 members (excludes halogenated alkanes) is 4. The van der Waals surface area contributed by atoms with Crippen molar-refractivity contribution >= 4 is 0 Å². The Labute approximate surface area is 206 Å². The molecular formula is C27H35N7O. The van der Waals surface area contributed by atoms with Crippen molar-refractivity contribution in [2.45, 2.75) is 72.4 Å². The zero-order valence-corrected chi connectivity index (χ0v) is 20.9. The molecule has 184 valence electrons. The van der Waals surface area contributed by atoms with E-state index in [9.17, 15) is 4.79 Å². The van der Waals surface area contributed by atoms with E-state index in [4.69, 9.17) is 5.10 Å². The topological polar surface area (TPSA) is 94.3 Å². The van der Waals surface area contributed by atoms with Gasteiger partial charge in [0, 0.05) is 18.5 Å². The smallest absolute Gasteiger partial charge is 0.274 e. The zero-order chi connectivity index (χ0) is 24.6. The van der Waals surface area contributed by atoms with Gasteiger partial charge in [-0.15, -0.1) is 10.2 Å². The summed E-state index contributed by atoms with van der Waals surface area (Å²) >= 11 is 0. The highest BCUT2D eigenvalue weighted by atomic mass is 16.2. The number of H-pyrrole nitrogens is 1. The van der Waals surface area contributed by atoms with E-state index in [1.54, 1.807) is 4.68 Å². The van der Waals surface area contributed by atoms with E-state index in [1.165, 1.54) is 19.3 Å². The molecular weight excluding hydrogens is 438 g/mol. The molecule has 8 nitrogen and oxygen atoms in total. The third kappa shape index (κ3) is 6.12. The van der Waals surface area contributed by atoms with Gasteiger partial charge in [0.1, 0.15) is 5.82 Å². The quantitative estimate of drug-likeness (QED) is 0.289. The van der Waals surface area contributed by atoms with Crippen LogP contribution in [0.1, 0.15) is 64.3 Å². The van der Waals surface area contributed by atoms with Crippen molar-refractivity contribution in [3.05, 3.63) is 70.4 Å². The highest BCUT2D eigenvalue weighted by Gasteiger charge is 2.16. The predicted molar refractivity (Wildman–Crippen MR) is 138 cm³/mol. The van der Waals surface area contributed by atoms with E-state index >= 15 is 0 Å². The Morgan fingerprint density at radius 2 is 1.69 bits per heavy atom. The predicted octanol–water partition coefficient (Wildman–Crippen LogP) is 5.11. The van der Waals surface area contributed by atoms with Crippen LogP contribution >= 0.6 is 0 Å². The molecule has 0 aliphatic carbocycles. The lowest BCUT2D eigenvalue weighted by atomic mass is 9.98. The molecule has 0 bridgehead atoms. The monoisotopic (exact) mass is 473 g/mol. The lowest BCUT2D eigenvalue weighted by Gasteiger charge is -2.10. The Morgan fingerprint density at radius 1 is 0.943 bits per heavy atom. The van der Waals surface area contributed by atoms with Gasteiger partial charge in [-0.1, -0.05) is 95.0 Å². The van der Waals surface area contributed by atoms with Crippen LogP contribution in [0.3, 0.4) is 0 Å². The molecule has 0 spiro atoms. The molecule has 4 aromatic rings. The van der Waals surface area contributed by atoms with Crippen molar-refractivity contribution in [3.63, 3.8) is 0 Å². The van der Waals surface area contributed by atoms with E-state index < -0.39 is 0 Å². The Balaban J connectivity index is 1.54. The van der Waals surface area contributed by atoms with Crippen LogP contribution < -0.4 is 5.69 Å². The number of aromatic nitrogens is 7. The van der Waals surface area contributed by atoms with Crippen LogP contribution in [0.4, 0.5) is 0 Å². The van der Waals surface area contributed by atoms with Crippen LogP contribution in [0, 0.1) is 5.92 Å². The lowest BCUT2D eigenvalue weighted by molar-refractivity contribution is 0.513. The standard InChI is InChI=1S/C27H35N7O/c1-4-5-6-7-10-17-34-27(35)33(25(30-34)18-20(2)3)19-21-13-15-22(16-14-21)23-11-8-9-12-24(23)26-28-31-32-29-26/h8-9,11-16,20H,4-7,10,17-19H2,1-3H3,(H,28,29,31,32). The summed E-state index contributed by atoms with van der Waals surface area (Å²) in [5, 5.41) is 19.2. The van der Waals surface area contributed by atoms with Crippen molar-refractivity contribution in [1.29, 1.82) is 0 Å². The lowest BCUT2D eigenvalue weighted by Crippen LogP contribution is -2.26. The molecule has 0 atom stereocenters. The van der Waals surface area contributed by atoms with E-state index in [0.29, 0.717) is 24.8 Å². The van der Waals surface area contributed by atoms with Crippen LogP contribution in [-0.4, -0.2) is 35.0 Å². The van der Waals surface area contributed by atoms with E-state index in [0.717, 1.165) is 47.3 Å². The number of hydrogen-bond acceptors (Lipinski definition) is 5. The number of aromatic amines is 1. The van der Waals surface area contributed by atoms with Crippen molar-refractivity contribution < 1.29 is 0 Å². The molecule has 2 heterocycles. The minimum Gasteiger partial charge on any atom is -0.274 e. The van der Waals surface area contributed by atoms with E-state index in [-0.39, 0.29) is 5.69 Å². The van der Waals surface area contributed by atoms with Gasteiger partial charge < -0.3 is 0 Å². The number of tetrazole rings is 1. The fourth-order valence-electron chi connectivity index (χ4n) is 4.35. The second-order valence-electron chi connectivity index (χ2n) is 9.50. The molecule has 0 unspecified atom stereocenters. The number of nitrogens with zero attached hydrogens (tertiary/aromatic N) is 6. The number of aryl methyl sites for hydroxylation is 1. The average Bonchev–Trinajstić information content (AvgIpc) is 3.49. The maximum Gasteiger partial charge on any atom is 0.346 e. The summed E-state index contributed by atoms with van der Waals surface area (Å²) in [5.41, 5.74) is 4.08. The summed E-state index contributed by atoms with van der Waals surface area (Å²) in [5.74, 6) is 1.86. The third-order valence-electron chi connectivity index (χ3n) is 6.18. The molecule has 2 aromatic heterocycles. The first-order chi connectivity index (χ1) is 17.1. The van der Waals surface area contributed by atoms with Crippen LogP contribution in [0.15, 0.2) is 53.3 Å². The first kappa shape index (κ1) is 24.6. The highest BCUT2D eigenvalue weighted by molar-refractivity contribution is 5.80. The summed E-state index contributed by atoms with van der Waals surface area (Å²) < 4.78 is 3.51. The minimum absolute atomic E-state index is 0.0114. The normalized spacial score (nSPS) is 11.4. The molecule has 0 radical (unpaired) electrons. The van der Waals surface area contributed by atoms with Gasteiger partial charge in [0.2, 0.25) is 5.82 Å². The molecule has 35 heavy (non-hydrogen) atoms. The average molecular weight is 474 g/mol. The van der Waals surface area contributed by atoms with Crippen molar-refractivity contribution in [2.24, 2.45) is 5.92 Å². The van der Waals surface area contributed by atoms with Gasteiger partial charge in [0.25, 0.3) is 0 Å². The molecule has 0 aliphatic rings. The highest BCUT2D eigenvalue weighted by Crippen LogP contribution is 2.29. The number of nitrogens with one attached hydrogen (secondary N) is 1. The number of hydrogen-bond donors (Lipinski definition) is 1. The van der Waals surface area contributed by atoms with Crippen molar-refractivity contribution in [2.75, 3.05) is 0 Å². The van der Waals surface area contributed by atoms with Gasteiger partial charge in [-0.2, -0.15) is 10.3 Å². The molecule has 0 fully saturated rings. The molecule has 0 amide bonds. The second kappa shape index (κ2) is 11.7. The van der Waals surface area contributed by atoms with E-state index in [2.05, 4.69) is 71.7 Å².